The molecule has 0 bridgehead atoms. The number of carbonyl (C=O) groups is 1. The van der Waals surface area contributed by atoms with Gasteiger partial charge in [0.1, 0.15) is 0 Å². The molecule has 1 unspecified atom stereocenters. The first-order valence-electron chi connectivity index (χ1n) is 7.18. The molecule has 6 heteroatoms. The SMILES string of the molecule is CC(c1cccs1)N(C)C(=O)Nc1ccc(Cl)c2cccnc12. The summed E-state index contributed by atoms with van der Waals surface area (Å²) in [5.41, 5.74) is 1.34. The highest BCUT2D eigenvalue weighted by Gasteiger charge is 2.19. The zero-order valence-corrected chi connectivity index (χ0v) is 14.4. The number of nitrogens with zero attached hydrogens (tertiary/aromatic N) is 2. The van der Waals surface area contributed by atoms with Crippen LogP contribution in [0.3, 0.4) is 0 Å². The molecule has 1 aromatic carbocycles. The zero-order valence-electron chi connectivity index (χ0n) is 12.8. The molecule has 0 spiro atoms. The minimum absolute atomic E-state index is 0.00141. The maximum absolute atomic E-state index is 12.5. The Morgan fingerprint density at radius 2 is 2.13 bits per heavy atom. The number of aromatic nitrogens is 1. The van der Waals surface area contributed by atoms with Crippen LogP contribution in [0.25, 0.3) is 10.9 Å². The van der Waals surface area contributed by atoms with Crippen LogP contribution in [0.5, 0.6) is 0 Å². The summed E-state index contributed by atoms with van der Waals surface area (Å²) in [4.78, 5) is 19.7. The fraction of sp³-hybridized carbons (Fsp3) is 0.176. The fourth-order valence-corrected chi connectivity index (χ4v) is 3.38. The highest BCUT2D eigenvalue weighted by atomic mass is 35.5. The molecule has 0 radical (unpaired) electrons. The molecule has 0 aliphatic heterocycles. The number of thiophene rings is 1. The molecule has 1 atom stereocenters. The Morgan fingerprint density at radius 3 is 2.87 bits per heavy atom. The highest BCUT2D eigenvalue weighted by Crippen LogP contribution is 2.29. The summed E-state index contributed by atoms with van der Waals surface area (Å²) in [6, 6.07) is 11.1. The zero-order chi connectivity index (χ0) is 16.4. The Bertz CT molecular complexity index is 835. The number of hydrogen-bond donors (Lipinski definition) is 1. The Kier molecular flexibility index (Phi) is 4.50. The molecule has 4 nitrogen and oxygen atoms in total. The number of halogens is 1. The van der Waals surface area contributed by atoms with Gasteiger partial charge in [-0.1, -0.05) is 17.7 Å². The van der Waals surface area contributed by atoms with Crippen molar-refractivity contribution < 1.29 is 4.79 Å². The Hall–Kier alpha value is -2.11. The standard InChI is InChI=1S/C17H16ClN3OS/c1-11(15-6-4-10-23-15)21(2)17(22)20-14-8-7-13(18)12-5-3-9-19-16(12)14/h3-11H,1-2H3,(H,20,22). The molecule has 0 aliphatic carbocycles. The number of rotatable bonds is 3. The van der Waals surface area contributed by atoms with E-state index in [0.29, 0.717) is 16.2 Å². The first-order valence-corrected chi connectivity index (χ1v) is 8.44. The Morgan fingerprint density at radius 1 is 1.30 bits per heavy atom. The van der Waals surface area contributed by atoms with Gasteiger partial charge in [0.25, 0.3) is 0 Å². The second-order valence-electron chi connectivity index (χ2n) is 5.23. The fourth-order valence-electron chi connectivity index (χ4n) is 2.34. The van der Waals surface area contributed by atoms with Crippen molar-refractivity contribution in [2.45, 2.75) is 13.0 Å². The molecule has 1 N–H and O–H groups in total. The van der Waals surface area contributed by atoms with Crippen molar-refractivity contribution in [1.82, 2.24) is 9.88 Å². The smallest absolute Gasteiger partial charge is 0.320 e. The van der Waals surface area contributed by atoms with E-state index in [-0.39, 0.29) is 12.1 Å². The molecule has 118 valence electrons. The molecule has 0 saturated carbocycles. The normalized spacial score (nSPS) is 12.1. The van der Waals surface area contributed by atoms with Gasteiger partial charge in [-0.05, 0) is 42.6 Å². The number of anilines is 1. The first kappa shape index (κ1) is 15.8. The number of amides is 2. The van der Waals surface area contributed by atoms with Gasteiger partial charge in [-0.15, -0.1) is 11.3 Å². The predicted octanol–water partition coefficient (Wildman–Crippen LogP) is 5.17. The number of nitrogens with one attached hydrogen (secondary N) is 1. The Labute approximate surface area is 143 Å². The van der Waals surface area contributed by atoms with Crippen molar-refractivity contribution in [3.8, 4) is 0 Å². The van der Waals surface area contributed by atoms with Gasteiger partial charge in [-0.3, -0.25) is 4.98 Å². The first-order chi connectivity index (χ1) is 11.1. The van der Waals surface area contributed by atoms with Crippen molar-refractivity contribution in [3.05, 3.63) is 57.9 Å². The summed E-state index contributed by atoms with van der Waals surface area (Å²) in [6.45, 7) is 2.00. The molecule has 2 aromatic heterocycles. The van der Waals surface area contributed by atoms with Crippen molar-refractivity contribution in [2.24, 2.45) is 0 Å². The van der Waals surface area contributed by atoms with Crippen LogP contribution in [0.2, 0.25) is 5.02 Å². The monoisotopic (exact) mass is 345 g/mol. The van der Waals surface area contributed by atoms with E-state index in [2.05, 4.69) is 10.3 Å². The average Bonchev–Trinajstić information content (AvgIpc) is 3.10. The lowest BCUT2D eigenvalue weighted by Crippen LogP contribution is -2.33. The number of pyridine rings is 1. The molecular formula is C17H16ClN3OS. The van der Waals surface area contributed by atoms with E-state index in [0.717, 1.165) is 10.3 Å². The van der Waals surface area contributed by atoms with Crippen LogP contribution < -0.4 is 5.32 Å². The lowest BCUT2D eigenvalue weighted by molar-refractivity contribution is 0.209. The molecule has 2 heterocycles. The highest BCUT2D eigenvalue weighted by molar-refractivity contribution is 7.10. The second kappa shape index (κ2) is 6.56. The van der Waals surface area contributed by atoms with E-state index in [1.165, 1.54) is 0 Å². The van der Waals surface area contributed by atoms with Crippen molar-refractivity contribution in [1.29, 1.82) is 0 Å². The number of benzene rings is 1. The van der Waals surface area contributed by atoms with Gasteiger partial charge in [0.15, 0.2) is 0 Å². The van der Waals surface area contributed by atoms with Gasteiger partial charge in [0.2, 0.25) is 0 Å². The maximum Gasteiger partial charge on any atom is 0.322 e. The minimum Gasteiger partial charge on any atom is -0.320 e. The third kappa shape index (κ3) is 3.16. The van der Waals surface area contributed by atoms with E-state index >= 15 is 0 Å². The average molecular weight is 346 g/mol. The number of carbonyl (C=O) groups excluding carboxylic acids is 1. The van der Waals surface area contributed by atoms with E-state index in [1.807, 2.05) is 36.6 Å². The largest absolute Gasteiger partial charge is 0.322 e. The topological polar surface area (TPSA) is 45.2 Å². The predicted molar refractivity (Wildman–Crippen MR) is 96.3 cm³/mol. The summed E-state index contributed by atoms with van der Waals surface area (Å²) >= 11 is 7.82. The molecule has 0 saturated heterocycles. The van der Waals surface area contributed by atoms with Gasteiger partial charge < -0.3 is 10.2 Å². The van der Waals surface area contributed by atoms with Gasteiger partial charge in [0, 0.05) is 23.5 Å². The van der Waals surface area contributed by atoms with E-state index < -0.39 is 0 Å². The van der Waals surface area contributed by atoms with Crippen LogP contribution in [-0.2, 0) is 0 Å². The van der Waals surface area contributed by atoms with Crippen molar-refractivity contribution in [3.63, 3.8) is 0 Å². The third-order valence-corrected chi connectivity index (χ3v) is 5.19. The van der Waals surface area contributed by atoms with E-state index in [1.54, 1.807) is 41.6 Å². The summed E-state index contributed by atoms with van der Waals surface area (Å²) < 4.78 is 0. The Balaban J connectivity index is 1.84. The van der Waals surface area contributed by atoms with Crippen molar-refractivity contribution >= 4 is 45.6 Å². The van der Waals surface area contributed by atoms with Gasteiger partial charge in [-0.2, -0.15) is 0 Å². The van der Waals surface area contributed by atoms with Crippen LogP contribution >= 0.6 is 22.9 Å². The number of fused-ring (bicyclic) bond motifs is 1. The molecule has 0 fully saturated rings. The number of hydrogen-bond acceptors (Lipinski definition) is 3. The van der Waals surface area contributed by atoms with Crippen LogP contribution in [0.15, 0.2) is 48.0 Å². The summed E-state index contributed by atoms with van der Waals surface area (Å²) in [7, 11) is 1.78. The lowest BCUT2D eigenvalue weighted by Gasteiger charge is -2.24. The maximum atomic E-state index is 12.5. The van der Waals surface area contributed by atoms with Gasteiger partial charge in [-0.25, -0.2) is 4.79 Å². The van der Waals surface area contributed by atoms with Gasteiger partial charge in [0.05, 0.1) is 22.3 Å². The summed E-state index contributed by atoms with van der Waals surface area (Å²) in [5, 5.41) is 6.37. The van der Waals surface area contributed by atoms with Crippen LogP contribution in [0.4, 0.5) is 10.5 Å². The summed E-state index contributed by atoms with van der Waals surface area (Å²) in [6.07, 6.45) is 1.69. The lowest BCUT2D eigenvalue weighted by atomic mass is 10.2. The minimum atomic E-state index is -0.180. The van der Waals surface area contributed by atoms with Crippen molar-refractivity contribution in [2.75, 3.05) is 12.4 Å². The molecule has 3 rings (SSSR count). The third-order valence-electron chi connectivity index (χ3n) is 3.81. The van der Waals surface area contributed by atoms with Crippen LogP contribution in [0, 0.1) is 0 Å². The summed E-state index contributed by atoms with van der Waals surface area (Å²) in [5.74, 6) is 0. The second-order valence-corrected chi connectivity index (χ2v) is 6.61. The molecule has 2 amide bonds. The molecule has 0 aliphatic rings. The molecule has 23 heavy (non-hydrogen) atoms. The molecule has 3 aromatic rings. The number of urea groups is 1. The quantitative estimate of drug-likeness (QED) is 0.711. The van der Waals surface area contributed by atoms with Crippen LogP contribution in [-0.4, -0.2) is 23.0 Å². The van der Waals surface area contributed by atoms with E-state index in [4.69, 9.17) is 11.6 Å². The van der Waals surface area contributed by atoms with Crippen LogP contribution in [0.1, 0.15) is 17.8 Å². The van der Waals surface area contributed by atoms with Gasteiger partial charge >= 0.3 is 6.03 Å². The van der Waals surface area contributed by atoms with E-state index in [9.17, 15) is 4.79 Å². The molecular weight excluding hydrogens is 330 g/mol.